The van der Waals surface area contributed by atoms with E-state index >= 15 is 0 Å². The van der Waals surface area contributed by atoms with Crippen molar-refractivity contribution in [3.05, 3.63) is 64.1 Å². The van der Waals surface area contributed by atoms with E-state index < -0.39 is 5.97 Å². The van der Waals surface area contributed by atoms with Gasteiger partial charge in [0, 0.05) is 4.47 Å². The summed E-state index contributed by atoms with van der Waals surface area (Å²) in [5.74, 6) is -0.0419. The summed E-state index contributed by atoms with van der Waals surface area (Å²) in [6.07, 6.45) is 1.51. The second kappa shape index (κ2) is 6.56. The summed E-state index contributed by atoms with van der Waals surface area (Å²) < 4.78 is 11.6. The van der Waals surface area contributed by atoms with Crippen molar-refractivity contribution in [2.24, 2.45) is 0 Å². The Bertz CT molecular complexity index is 904. The van der Waals surface area contributed by atoms with Crippen LogP contribution in [0.15, 0.2) is 57.9 Å². The minimum Gasteiger partial charge on any atom is -0.458 e. The van der Waals surface area contributed by atoms with Gasteiger partial charge in [-0.2, -0.15) is 0 Å². The molecule has 0 N–H and O–H groups in total. The highest BCUT2D eigenvalue weighted by atomic mass is 79.9. The van der Waals surface area contributed by atoms with Gasteiger partial charge in [-0.05, 0) is 36.4 Å². The van der Waals surface area contributed by atoms with Gasteiger partial charge in [0.25, 0.3) is 0 Å². The van der Waals surface area contributed by atoms with E-state index in [0.29, 0.717) is 33.1 Å². The third-order valence-corrected chi connectivity index (χ3v) is 3.94. The number of fused-ring (bicyclic) bond motifs is 1. The maximum absolute atomic E-state index is 11.9. The molecule has 0 spiro atoms. The number of halogens is 2. The van der Waals surface area contributed by atoms with Crippen LogP contribution < -0.4 is 0 Å². The highest BCUT2D eigenvalue weighted by Gasteiger charge is 2.14. The number of esters is 1. The lowest BCUT2D eigenvalue weighted by Crippen LogP contribution is -2.04. The van der Waals surface area contributed by atoms with Crippen molar-refractivity contribution in [2.75, 3.05) is 6.61 Å². The molecular formula is C17H11BrClNO3. The fourth-order valence-corrected chi connectivity index (χ4v) is 2.61. The molecule has 1 heterocycles. The van der Waals surface area contributed by atoms with Crippen molar-refractivity contribution in [1.82, 2.24) is 4.98 Å². The fourth-order valence-electron chi connectivity index (χ4n) is 2.05. The lowest BCUT2D eigenvalue weighted by atomic mass is 10.2. The maximum Gasteiger partial charge on any atom is 0.338 e. The normalized spacial score (nSPS) is 10.7. The molecule has 0 fully saturated rings. The summed E-state index contributed by atoms with van der Waals surface area (Å²) in [5.41, 5.74) is 2.20. The molecule has 0 amide bonds. The number of carbonyl (C=O) groups excluding carboxylic acids is 1. The summed E-state index contributed by atoms with van der Waals surface area (Å²) in [6.45, 7) is 3.67. The Labute approximate surface area is 145 Å². The number of ether oxygens (including phenoxy) is 1. The molecule has 6 heteroatoms. The molecule has 0 saturated carbocycles. The van der Waals surface area contributed by atoms with E-state index in [4.69, 9.17) is 20.8 Å². The number of aromatic nitrogens is 1. The van der Waals surface area contributed by atoms with Crippen LogP contribution in [-0.2, 0) is 4.74 Å². The Morgan fingerprint density at radius 2 is 2.17 bits per heavy atom. The maximum atomic E-state index is 11.9. The highest BCUT2D eigenvalue weighted by molar-refractivity contribution is 9.10. The second-order valence-electron chi connectivity index (χ2n) is 4.71. The molecule has 0 radical (unpaired) electrons. The number of hydrogen-bond acceptors (Lipinski definition) is 4. The van der Waals surface area contributed by atoms with Crippen LogP contribution in [0.25, 0.3) is 22.6 Å². The quantitative estimate of drug-likeness (QED) is 0.449. The molecule has 0 aliphatic carbocycles. The van der Waals surface area contributed by atoms with Crippen molar-refractivity contribution in [3.63, 3.8) is 0 Å². The average molecular weight is 393 g/mol. The van der Waals surface area contributed by atoms with E-state index in [2.05, 4.69) is 27.5 Å². The van der Waals surface area contributed by atoms with Gasteiger partial charge in [0.2, 0.25) is 5.89 Å². The Morgan fingerprint density at radius 1 is 1.35 bits per heavy atom. The molecule has 23 heavy (non-hydrogen) atoms. The summed E-state index contributed by atoms with van der Waals surface area (Å²) in [7, 11) is 0. The largest absolute Gasteiger partial charge is 0.458 e. The molecule has 116 valence electrons. The molecule has 0 saturated heterocycles. The minimum atomic E-state index is -0.433. The Hall–Kier alpha value is -2.11. The van der Waals surface area contributed by atoms with E-state index in [1.807, 2.05) is 12.1 Å². The first kappa shape index (κ1) is 15.8. The lowest BCUT2D eigenvalue weighted by molar-refractivity contribution is 0.0550. The smallest absolute Gasteiger partial charge is 0.338 e. The number of oxazole rings is 1. The lowest BCUT2D eigenvalue weighted by Gasteiger charge is -2.00. The first-order chi connectivity index (χ1) is 11.1. The van der Waals surface area contributed by atoms with E-state index in [-0.39, 0.29) is 6.61 Å². The van der Waals surface area contributed by atoms with Crippen molar-refractivity contribution < 1.29 is 13.9 Å². The predicted octanol–water partition coefficient (Wildman–Crippen LogP) is 5.25. The van der Waals surface area contributed by atoms with Gasteiger partial charge in [-0.3, -0.25) is 0 Å². The SMILES string of the molecule is C=CCOC(=O)c1ccc2oc(-c3cc(Br)ccc3Cl)nc2c1. The van der Waals surface area contributed by atoms with Gasteiger partial charge in [-0.1, -0.05) is 40.2 Å². The van der Waals surface area contributed by atoms with Crippen LogP contribution in [0.4, 0.5) is 0 Å². The summed E-state index contributed by atoms with van der Waals surface area (Å²) >= 11 is 9.59. The fraction of sp³-hybridized carbons (Fsp3) is 0.0588. The highest BCUT2D eigenvalue weighted by Crippen LogP contribution is 2.32. The first-order valence-corrected chi connectivity index (χ1v) is 7.89. The molecule has 1 aromatic heterocycles. The van der Waals surface area contributed by atoms with Gasteiger partial charge in [-0.25, -0.2) is 9.78 Å². The number of rotatable bonds is 4. The number of carbonyl (C=O) groups is 1. The van der Waals surface area contributed by atoms with Gasteiger partial charge < -0.3 is 9.15 Å². The Morgan fingerprint density at radius 3 is 2.96 bits per heavy atom. The van der Waals surface area contributed by atoms with Crippen LogP contribution in [0.2, 0.25) is 5.02 Å². The molecule has 0 aliphatic heterocycles. The van der Waals surface area contributed by atoms with Gasteiger partial charge in [0.1, 0.15) is 12.1 Å². The predicted molar refractivity (Wildman–Crippen MR) is 92.6 cm³/mol. The summed E-state index contributed by atoms with van der Waals surface area (Å²) in [4.78, 5) is 16.3. The molecular weight excluding hydrogens is 382 g/mol. The Kier molecular flexibility index (Phi) is 4.50. The third kappa shape index (κ3) is 3.30. The number of benzene rings is 2. The molecule has 3 aromatic rings. The second-order valence-corrected chi connectivity index (χ2v) is 6.04. The number of nitrogens with zero attached hydrogens (tertiary/aromatic N) is 1. The topological polar surface area (TPSA) is 52.3 Å². The van der Waals surface area contributed by atoms with E-state index in [1.54, 1.807) is 24.3 Å². The van der Waals surface area contributed by atoms with E-state index in [1.165, 1.54) is 6.08 Å². The van der Waals surface area contributed by atoms with Crippen molar-refractivity contribution >= 4 is 44.6 Å². The zero-order valence-corrected chi connectivity index (χ0v) is 14.2. The monoisotopic (exact) mass is 391 g/mol. The molecule has 0 bridgehead atoms. The van der Waals surface area contributed by atoms with Gasteiger partial charge in [0.15, 0.2) is 5.58 Å². The van der Waals surface area contributed by atoms with Crippen molar-refractivity contribution in [3.8, 4) is 11.5 Å². The van der Waals surface area contributed by atoms with E-state index in [9.17, 15) is 4.79 Å². The zero-order valence-electron chi connectivity index (χ0n) is 11.9. The first-order valence-electron chi connectivity index (χ1n) is 6.72. The van der Waals surface area contributed by atoms with Crippen LogP contribution in [0, 0.1) is 0 Å². The van der Waals surface area contributed by atoms with Crippen LogP contribution in [-0.4, -0.2) is 17.6 Å². The van der Waals surface area contributed by atoms with Gasteiger partial charge in [-0.15, -0.1) is 0 Å². The van der Waals surface area contributed by atoms with Crippen molar-refractivity contribution in [1.29, 1.82) is 0 Å². The summed E-state index contributed by atoms with van der Waals surface area (Å²) in [6, 6.07) is 10.4. The average Bonchev–Trinajstić information content (AvgIpc) is 2.97. The molecule has 3 rings (SSSR count). The van der Waals surface area contributed by atoms with Crippen LogP contribution in [0.3, 0.4) is 0 Å². The molecule has 0 aliphatic rings. The summed E-state index contributed by atoms with van der Waals surface area (Å²) in [5, 5.41) is 0.533. The van der Waals surface area contributed by atoms with Gasteiger partial charge in [0.05, 0.1) is 16.1 Å². The Balaban J connectivity index is 2.00. The molecule has 0 unspecified atom stereocenters. The third-order valence-electron chi connectivity index (χ3n) is 3.11. The van der Waals surface area contributed by atoms with E-state index in [0.717, 1.165) is 4.47 Å². The zero-order chi connectivity index (χ0) is 16.4. The van der Waals surface area contributed by atoms with Crippen LogP contribution in [0.5, 0.6) is 0 Å². The molecule has 0 atom stereocenters. The number of hydrogen-bond donors (Lipinski definition) is 0. The van der Waals surface area contributed by atoms with Gasteiger partial charge >= 0.3 is 5.97 Å². The van der Waals surface area contributed by atoms with Crippen LogP contribution in [0.1, 0.15) is 10.4 Å². The van der Waals surface area contributed by atoms with Crippen molar-refractivity contribution in [2.45, 2.75) is 0 Å². The minimum absolute atomic E-state index is 0.161. The standard InChI is InChI=1S/C17H11BrClNO3/c1-2-7-22-17(21)10-3-6-15-14(8-10)20-16(23-15)12-9-11(18)4-5-13(12)19/h2-6,8-9H,1,7H2. The molecule has 2 aromatic carbocycles. The molecule has 4 nitrogen and oxygen atoms in total. The van der Waals surface area contributed by atoms with Crippen LogP contribution >= 0.6 is 27.5 Å².